The van der Waals surface area contributed by atoms with E-state index >= 15 is 0 Å². The second kappa shape index (κ2) is 7.70. The van der Waals surface area contributed by atoms with Crippen LogP contribution in [0.5, 0.6) is 0 Å². The van der Waals surface area contributed by atoms with Gasteiger partial charge < -0.3 is 9.80 Å². The van der Waals surface area contributed by atoms with Crippen molar-refractivity contribution < 1.29 is 14.1 Å². The van der Waals surface area contributed by atoms with Crippen molar-refractivity contribution in [3.8, 4) is 0 Å². The molecule has 3 rings (SSSR count). The highest BCUT2D eigenvalue weighted by atomic mass is 35.5. The Labute approximate surface area is 154 Å². The SMILES string of the molecule is O=C(Cc1cccc(Cl)c1)N1CCN(c2ccc([N+](=O)[O-])cc2F)CC1. The Morgan fingerprint density at radius 3 is 2.50 bits per heavy atom. The molecule has 26 heavy (non-hydrogen) atoms. The zero-order valence-electron chi connectivity index (χ0n) is 13.9. The Morgan fingerprint density at radius 2 is 1.88 bits per heavy atom. The molecular formula is C18H17ClFN3O3. The molecule has 2 aromatic carbocycles. The lowest BCUT2D eigenvalue weighted by Crippen LogP contribution is -2.49. The molecule has 0 radical (unpaired) electrons. The summed E-state index contributed by atoms with van der Waals surface area (Å²) in [6, 6.07) is 10.8. The number of non-ortho nitro benzene ring substituents is 1. The quantitative estimate of drug-likeness (QED) is 0.605. The first kappa shape index (κ1) is 18.1. The number of amides is 1. The van der Waals surface area contributed by atoms with Crippen molar-refractivity contribution in [1.29, 1.82) is 0 Å². The molecule has 1 fully saturated rings. The second-order valence-corrected chi connectivity index (χ2v) is 6.50. The van der Waals surface area contributed by atoms with Gasteiger partial charge in [0.1, 0.15) is 0 Å². The second-order valence-electron chi connectivity index (χ2n) is 6.07. The Bertz CT molecular complexity index is 838. The minimum atomic E-state index is -0.627. The van der Waals surface area contributed by atoms with Gasteiger partial charge in [-0.1, -0.05) is 23.7 Å². The highest BCUT2D eigenvalue weighted by Gasteiger charge is 2.23. The maximum absolute atomic E-state index is 14.1. The number of anilines is 1. The molecule has 1 aliphatic heterocycles. The van der Waals surface area contributed by atoms with E-state index in [0.717, 1.165) is 11.6 Å². The Kier molecular flexibility index (Phi) is 5.37. The summed E-state index contributed by atoms with van der Waals surface area (Å²) in [7, 11) is 0. The minimum Gasteiger partial charge on any atom is -0.366 e. The molecule has 0 unspecified atom stereocenters. The van der Waals surface area contributed by atoms with Crippen LogP contribution in [0, 0.1) is 15.9 Å². The summed E-state index contributed by atoms with van der Waals surface area (Å²) in [6.07, 6.45) is 0.270. The maximum Gasteiger partial charge on any atom is 0.272 e. The van der Waals surface area contributed by atoms with Gasteiger partial charge >= 0.3 is 0 Å². The van der Waals surface area contributed by atoms with Crippen LogP contribution in [0.15, 0.2) is 42.5 Å². The predicted molar refractivity (Wildman–Crippen MR) is 97.0 cm³/mol. The van der Waals surface area contributed by atoms with Crippen LogP contribution in [-0.4, -0.2) is 41.9 Å². The number of nitro benzene ring substituents is 1. The fraction of sp³-hybridized carbons (Fsp3) is 0.278. The highest BCUT2D eigenvalue weighted by Crippen LogP contribution is 2.25. The molecule has 1 saturated heterocycles. The molecule has 0 aliphatic carbocycles. The number of hydrogen-bond acceptors (Lipinski definition) is 4. The van der Waals surface area contributed by atoms with E-state index in [4.69, 9.17) is 11.6 Å². The standard InChI is InChI=1S/C18H17ClFN3O3/c19-14-3-1-2-13(10-14)11-18(24)22-8-6-21(7-9-22)17-5-4-15(23(25)26)12-16(17)20/h1-5,10,12H,6-9,11H2. The van der Waals surface area contributed by atoms with Crippen molar-refractivity contribution in [3.63, 3.8) is 0 Å². The average molecular weight is 378 g/mol. The highest BCUT2D eigenvalue weighted by molar-refractivity contribution is 6.30. The molecule has 2 aromatic rings. The Balaban J connectivity index is 1.60. The number of halogens is 2. The number of carbonyl (C=O) groups is 1. The van der Waals surface area contributed by atoms with Gasteiger partial charge in [-0.15, -0.1) is 0 Å². The largest absolute Gasteiger partial charge is 0.366 e. The third-order valence-electron chi connectivity index (χ3n) is 4.36. The molecule has 0 atom stereocenters. The maximum atomic E-state index is 14.1. The molecular weight excluding hydrogens is 361 g/mol. The molecule has 6 nitrogen and oxygen atoms in total. The first-order chi connectivity index (χ1) is 12.4. The van der Waals surface area contributed by atoms with Gasteiger partial charge in [0, 0.05) is 37.3 Å². The topological polar surface area (TPSA) is 66.7 Å². The molecule has 0 saturated carbocycles. The lowest BCUT2D eigenvalue weighted by Gasteiger charge is -2.36. The van der Waals surface area contributed by atoms with E-state index in [9.17, 15) is 19.3 Å². The lowest BCUT2D eigenvalue weighted by atomic mass is 10.1. The van der Waals surface area contributed by atoms with E-state index in [1.165, 1.54) is 12.1 Å². The van der Waals surface area contributed by atoms with E-state index in [0.29, 0.717) is 36.9 Å². The van der Waals surface area contributed by atoms with Gasteiger partial charge in [0.25, 0.3) is 5.69 Å². The molecule has 0 aromatic heterocycles. The minimum absolute atomic E-state index is 0.00362. The molecule has 0 spiro atoms. The number of nitrogens with zero attached hydrogens (tertiary/aromatic N) is 3. The van der Waals surface area contributed by atoms with E-state index in [2.05, 4.69) is 0 Å². The van der Waals surface area contributed by atoms with Crippen molar-refractivity contribution in [1.82, 2.24) is 4.90 Å². The van der Waals surface area contributed by atoms with Gasteiger partial charge in [0.2, 0.25) is 5.91 Å². The zero-order valence-corrected chi connectivity index (χ0v) is 14.7. The molecule has 136 valence electrons. The van der Waals surface area contributed by atoms with Crippen molar-refractivity contribution in [2.75, 3.05) is 31.1 Å². The van der Waals surface area contributed by atoms with E-state index in [-0.39, 0.29) is 18.0 Å². The van der Waals surface area contributed by atoms with Crippen LogP contribution in [0.3, 0.4) is 0 Å². The summed E-state index contributed by atoms with van der Waals surface area (Å²) in [4.78, 5) is 26.0. The van der Waals surface area contributed by atoms with Crippen LogP contribution < -0.4 is 4.90 Å². The molecule has 1 aliphatic rings. The van der Waals surface area contributed by atoms with Crippen LogP contribution in [0.2, 0.25) is 5.02 Å². The summed E-state index contributed by atoms with van der Waals surface area (Å²) in [6.45, 7) is 1.87. The summed E-state index contributed by atoms with van der Waals surface area (Å²) in [5.74, 6) is -0.631. The van der Waals surface area contributed by atoms with Gasteiger partial charge in [-0.05, 0) is 23.8 Å². The molecule has 1 heterocycles. The third-order valence-corrected chi connectivity index (χ3v) is 4.59. The molecule has 0 N–H and O–H groups in total. The van der Waals surface area contributed by atoms with Crippen LogP contribution in [-0.2, 0) is 11.2 Å². The van der Waals surface area contributed by atoms with Crippen LogP contribution in [0.25, 0.3) is 0 Å². The Hall–Kier alpha value is -2.67. The summed E-state index contributed by atoms with van der Waals surface area (Å²) < 4.78 is 14.1. The molecule has 1 amide bonds. The fourth-order valence-electron chi connectivity index (χ4n) is 3.00. The summed E-state index contributed by atoms with van der Waals surface area (Å²) >= 11 is 5.94. The van der Waals surface area contributed by atoms with E-state index < -0.39 is 10.7 Å². The fourth-order valence-corrected chi connectivity index (χ4v) is 3.21. The van der Waals surface area contributed by atoms with Crippen LogP contribution in [0.1, 0.15) is 5.56 Å². The molecule has 8 heteroatoms. The zero-order chi connectivity index (χ0) is 18.7. The van der Waals surface area contributed by atoms with Crippen molar-refractivity contribution >= 4 is 28.9 Å². The lowest BCUT2D eigenvalue weighted by molar-refractivity contribution is -0.385. The van der Waals surface area contributed by atoms with Crippen molar-refractivity contribution in [2.24, 2.45) is 0 Å². The van der Waals surface area contributed by atoms with Crippen molar-refractivity contribution in [3.05, 3.63) is 69.0 Å². The number of carbonyl (C=O) groups excluding carboxylic acids is 1. The third kappa shape index (κ3) is 4.11. The predicted octanol–water partition coefficient (Wildman–Crippen LogP) is 3.28. The number of nitro groups is 1. The van der Waals surface area contributed by atoms with Gasteiger partial charge in [-0.3, -0.25) is 14.9 Å². The van der Waals surface area contributed by atoms with Gasteiger partial charge in [-0.25, -0.2) is 4.39 Å². The van der Waals surface area contributed by atoms with Crippen molar-refractivity contribution in [2.45, 2.75) is 6.42 Å². The first-order valence-electron chi connectivity index (χ1n) is 8.15. The van der Waals surface area contributed by atoms with Gasteiger partial charge in [-0.2, -0.15) is 0 Å². The monoisotopic (exact) mass is 377 g/mol. The van der Waals surface area contributed by atoms with E-state index in [1.807, 2.05) is 6.07 Å². The first-order valence-corrected chi connectivity index (χ1v) is 8.53. The van der Waals surface area contributed by atoms with Crippen LogP contribution >= 0.6 is 11.6 Å². The van der Waals surface area contributed by atoms with Crippen LogP contribution in [0.4, 0.5) is 15.8 Å². The number of rotatable bonds is 4. The number of benzene rings is 2. The molecule has 0 bridgehead atoms. The van der Waals surface area contributed by atoms with Gasteiger partial charge in [0.15, 0.2) is 5.82 Å². The van der Waals surface area contributed by atoms with E-state index in [1.54, 1.807) is 28.0 Å². The number of hydrogen-bond donors (Lipinski definition) is 0. The summed E-state index contributed by atoms with van der Waals surface area (Å²) in [5, 5.41) is 11.3. The normalized spacial score (nSPS) is 14.4. The smallest absolute Gasteiger partial charge is 0.272 e. The van der Waals surface area contributed by atoms with Gasteiger partial charge in [0.05, 0.1) is 23.1 Å². The average Bonchev–Trinajstić information content (AvgIpc) is 2.61. The summed E-state index contributed by atoms with van der Waals surface area (Å²) in [5.41, 5.74) is 0.894. The Morgan fingerprint density at radius 1 is 1.15 bits per heavy atom. The number of piperazine rings is 1.